The van der Waals surface area contributed by atoms with E-state index in [4.69, 9.17) is 0 Å². The lowest BCUT2D eigenvalue weighted by atomic mass is 9.94. The Hall–Kier alpha value is -3.12. The van der Waals surface area contributed by atoms with Crippen LogP contribution >= 0.6 is 0 Å². The molecule has 0 aliphatic heterocycles. The van der Waals surface area contributed by atoms with Crippen LogP contribution in [0.25, 0.3) is 0 Å². The van der Waals surface area contributed by atoms with Crippen LogP contribution in [0.3, 0.4) is 0 Å². The Morgan fingerprint density at radius 2 is 1.61 bits per heavy atom. The predicted octanol–water partition coefficient (Wildman–Crippen LogP) is 4.45. The molecule has 4 rings (SSSR count). The van der Waals surface area contributed by atoms with Gasteiger partial charge in [-0.1, -0.05) is 60.2 Å². The first-order valence-corrected chi connectivity index (χ1v) is 11.8. The highest BCUT2D eigenvalue weighted by Gasteiger charge is 2.51. The lowest BCUT2D eigenvalue weighted by molar-refractivity contribution is -0.123. The fraction of sp³-hybridized carbons (Fsp3) is 0.240. The van der Waals surface area contributed by atoms with Crippen molar-refractivity contribution >= 4 is 21.6 Å². The molecule has 0 atom stereocenters. The van der Waals surface area contributed by atoms with Crippen LogP contribution in [0.1, 0.15) is 35.1 Å². The molecule has 0 spiro atoms. The first-order valence-electron chi connectivity index (χ1n) is 10.3. The molecule has 0 saturated heterocycles. The Balaban J connectivity index is 1.46. The van der Waals surface area contributed by atoms with Crippen molar-refractivity contribution in [3.63, 3.8) is 0 Å². The molecule has 0 bridgehead atoms. The number of rotatable bonds is 7. The molecule has 1 fully saturated rings. The van der Waals surface area contributed by atoms with Gasteiger partial charge >= 0.3 is 0 Å². The van der Waals surface area contributed by atoms with Crippen LogP contribution in [0.5, 0.6) is 0 Å². The van der Waals surface area contributed by atoms with Crippen molar-refractivity contribution < 1.29 is 13.2 Å². The average molecular weight is 435 g/mol. The molecule has 3 aromatic rings. The second kappa shape index (κ2) is 8.19. The number of amides is 1. The second-order valence-corrected chi connectivity index (χ2v) is 9.85. The number of sulfonamides is 1. The molecule has 1 aliphatic rings. The van der Waals surface area contributed by atoms with Gasteiger partial charge in [0.25, 0.3) is 10.0 Å². The number of aryl methyl sites for hydroxylation is 2. The maximum absolute atomic E-state index is 12.8. The summed E-state index contributed by atoms with van der Waals surface area (Å²) in [5, 5.41) is 3.03. The van der Waals surface area contributed by atoms with Crippen molar-refractivity contribution in [3.05, 3.63) is 95.1 Å². The van der Waals surface area contributed by atoms with E-state index < -0.39 is 15.4 Å². The molecule has 3 aromatic carbocycles. The highest BCUT2D eigenvalue weighted by atomic mass is 32.2. The number of nitrogens with one attached hydrogen (secondary N) is 2. The van der Waals surface area contributed by atoms with Crippen molar-refractivity contribution in [2.24, 2.45) is 0 Å². The third kappa shape index (κ3) is 4.49. The average Bonchev–Trinajstić information content (AvgIpc) is 3.55. The number of hydrogen-bond donors (Lipinski definition) is 2. The van der Waals surface area contributed by atoms with Crippen LogP contribution in [0.4, 0.5) is 5.69 Å². The molecule has 1 aliphatic carbocycles. The molecule has 0 radical (unpaired) electrons. The van der Waals surface area contributed by atoms with Crippen molar-refractivity contribution in [1.29, 1.82) is 0 Å². The Bertz CT molecular complexity index is 1200. The molecule has 1 saturated carbocycles. The fourth-order valence-electron chi connectivity index (χ4n) is 3.89. The number of carbonyl (C=O) groups excluding carboxylic acids is 1. The topological polar surface area (TPSA) is 75.3 Å². The number of benzene rings is 3. The van der Waals surface area contributed by atoms with Gasteiger partial charge in [0.05, 0.1) is 10.3 Å². The summed E-state index contributed by atoms with van der Waals surface area (Å²) in [4.78, 5) is 13.1. The zero-order valence-electron chi connectivity index (χ0n) is 17.7. The summed E-state index contributed by atoms with van der Waals surface area (Å²) in [6.45, 7) is 4.21. The molecule has 160 valence electrons. The molecule has 1 amide bonds. The van der Waals surface area contributed by atoms with Crippen LogP contribution in [-0.2, 0) is 26.8 Å². The van der Waals surface area contributed by atoms with Crippen LogP contribution < -0.4 is 10.0 Å². The minimum absolute atomic E-state index is 0.0139. The minimum Gasteiger partial charge on any atom is -0.351 e. The van der Waals surface area contributed by atoms with E-state index in [0.717, 1.165) is 29.5 Å². The maximum Gasteiger partial charge on any atom is 0.262 e. The molecular weight excluding hydrogens is 408 g/mol. The first-order chi connectivity index (χ1) is 14.8. The van der Waals surface area contributed by atoms with Crippen LogP contribution in [0.2, 0.25) is 0 Å². The van der Waals surface area contributed by atoms with Gasteiger partial charge in [-0.2, -0.15) is 0 Å². The highest BCUT2D eigenvalue weighted by Crippen LogP contribution is 2.48. The van der Waals surface area contributed by atoms with Gasteiger partial charge in [-0.25, -0.2) is 8.42 Å². The molecule has 31 heavy (non-hydrogen) atoms. The molecule has 6 heteroatoms. The normalized spacial score (nSPS) is 14.6. The molecule has 2 N–H and O–H groups in total. The Morgan fingerprint density at radius 1 is 0.935 bits per heavy atom. The van der Waals surface area contributed by atoms with E-state index >= 15 is 0 Å². The van der Waals surface area contributed by atoms with Gasteiger partial charge in [0.2, 0.25) is 5.91 Å². The standard InChI is InChI=1S/C25H26N2O3S/c1-18-8-13-23(19(2)16-18)31(29,30)27-22-11-9-21(10-12-22)25(14-15-25)24(28)26-17-20-6-4-3-5-7-20/h3-13,16,27H,14-15,17H2,1-2H3,(H,26,28). The highest BCUT2D eigenvalue weighted by molar-refractivity contribution is 7.92. The molecule has 5 nitrogen and oxygen atoms in total. The molecule has 0 aromatic heterocycles. The predicted molar refractivity (Wildman–Crippen MR) is 122 cm³/mol. The van der Waals surface area contributed by atoms with Gasteiger partial charge in [0, 0.05) is 12.2 Å². The number of hydrogen-bond acceptors (Lipinski definition) is 3. The van der Waals surface area contributed by atoms with E-state index in [0.29, 0.717) is 17.8 Å². The van der Waals surface area contributed by atoms with Crippen molar-refractivity contribution in [1.82, 2.24) is 5.32 Å². The van der Waals surface area contributed by atoms with Gasteiger partial charge in [-0.15, -0.1) is 0 Å². The molecule has 0 heterocycles. The third-order valence-corrected chi connectivity index (χ3v) is 7.33. The van der Waals surface area contributed by atoms with Gasteiger partial charge in [-0.05, 0) is 61.6 Å². The van der Waals surface area contributed by atoms with Crippen molar-refractivity contribution in [3.8, 4) is 0 Å². The Morgan fingerprint density at radius 3 is 2.23 bits per heavy atom. The smallest absolute Gasteiger partial charge is 0.262 e. The summed E-state index contributed by atoms with van der Waals surface area (Å²) in [6, 6.07) is 22.2. The SMILES string of the molecule is Cc1ccc(S(=O)(=O)Nc2ccc(C3(C(=O)NCc4ccccc4)CC3)cc2)c(C)c1. The maximum atomic E-state index is 12.8. The van der Waals surface area contributed by atoms with E-state index in [2.05, 4.69) is 10.0 Å². The van der Waals surface area contributed by atoms with Gasteiger partial charge in [0.15, 0.2) is 0 Å². The first kappa shape index (κ1) is 21.1. The second-order valence-electron chi connectivity index (χ2n) is 8.20. The zero-order chi connectivity index (χ0) is 22.1. The fourth-order valence-corrected chi connectivity index (χ4v) is 5.17. The van der Waals surface area contributed by atoms with Crippen LogP contribution in [-0.4, -0.2) is 14.3 Å². The zero-order valence-corrected chi connectivity index (χ0v) is 18.5. The summed E-state index contributed by atoms with van der Waals surface area (Å²) in [5.41, 5.74) is 3.65. The quantitative estimate of drug-likeness (QED) is 0.577. The summed E-state index contributed by atoms with van der Waals surface area (Å²) < 4.78 is 28.2. The monoisotopic (exact) mass is 434 g/mol. The van der Waals surface area contributed by atoms with Gasteiger partial charge in [-0.3, -0.25) is 9.52 Å². The van der Waals surface area contributed by atoms with Crippen molar-refractivity contribution in [2.45, 2.75) is 43.5 Å². The third-order valence-electron chi connectivity index (χ3n) is 5.79. The minimum atomic E-state index is -3.68. The van der Waals surface area contributed by atoms with Gasteiger partial charge < -0.3 is 5.32 Å². The van der Waals surface area contributed by atoms with E-state index in [-0.39, 0.29) is 10.8 Å². The number of anilines is 1. The number of carbonyl (C=O) groups is 1. The Kier molecular flexibility index (Phi) is 5.58. The largest absolute Gasteiger partial charge is 0.351 e. The lowest BCUT2D eigenvalue weighted by Crippen LogP contribution is -2.34. The van der Waals surface area contributed by atoms with Crippen LogP contribution in [0, 0.1) is 13.8 Å². The molecule has 0 unspecified atom stereocenters. The summed E-state index contributed by atoms with van der Waals surface area (Å²) >= 11 is 0. The van der Waals surface area contributed by atoms with E-state index in [1.165, 1.54) is 0 Å². The van der Waals surface area contributed by atoms with Crippen molar-refractivity contribution in [2.75, 3.05) is 4.72 Å². The van der Waals surface area contributed by atoms with E-state index in [9.17, 15) is 13.2 Å². The summed E-state index contributed by atoms with van der Waals surface area (Å²) in [6.07, 6.45) is 1.59. The van der Waals surface area contributed by atoms with Gasteiger partial charge in [0.1, 0.15) is 0 Å². The van der Waals surface area contributed by atoms with Crippen LogP contribution in [0.15, 0.2) is 77.7 Å². The van der Waals surface area contributed by atoms with E-state index in [1.807, 2.05) is 55.5 Å². The summed E-state index contributed by atoms with van der Waals surface area (Å²) in [5.74, 6) is 0.0139. The van der Waals surface area contributed by atoms with E-state index in [1.54, 1.807) is 31.2 Å². The summed E-state index contributed by atoms with van der Waals surface area (Å²) in [7, 11) is -3.68. The Labute approximate surface area is 183 Å². The molecular formula is C25H26N2O3S. The lowest BCUT2D eigenvalue weighted by Gasteiger charge is -2.17.